The normalized spacial score (nSPS) is 13.2. The van der Waals surface area contributed by atoms with Gasteiger partial charge < -0.3 is 4.41 Å². The van der Waals surface area contributed by atoms with Crippen molar-refractivity contribution >= 4 is 33.1 Å². The minimum absolute atomic E-state index is 0.547. The van der Waals surface area contributed by atoms with Crippen LogP contribution in [0.25, 0.3) is 0 Å². The molecule has 0 atom stereocenters. The Hall–Kier alpha value is -0.883. The first-order valence-corrected chi connectivity index (χ1v) is 17.9. The fourth-order valence-corrected chi connectivity index (χ4v) is 19.5. The highest BCUT2D eigenvalue weighted by Crippen LogP contribution is 2.70. The van der Waals surface area contributed by atoms with Crippen LogP contribution in [0.3, 0.4) is 0 Å². The highest BCUT2D eigenvalue weighted by atomic mass is 31.2. The van der Waals surface area contributed by atoms with Crippen molar-refractivity contribution in [2.75, 3.05) is 0 Å². The van der Waals surface area contributed by atoms with Crippen LogP contribution in [0.4, 0.5) is 0 Å². The zero-order chi connectivity index (χ0) is 21.9. The van der Waals surface area contributed by atoms with E-state index in [1.165, 1.54) is 10.6 Å². The van der Waals surface area contributed by atoms with E-state index in [1.807, 2.05) is 0 Å². The molecule has 0 saturated carbocycles. The number of nitrogens with zero attached hydrogens (tertiary/aromatic N) is 2. The molecule has 0 unspecified atom stereocenters. The fraction of sp³-hybridized carbons (Fsp3) is 0.500. The third-order valence-corrected chi connectivity index (χ3v) is 18.3. The summed E-state index contributed by atoms with van der Waals surface area (Å²) in [6.45, 7) is 21.4. The Kier molecular flexibility index (Phi) is 7.99. The summed E-state index contributed by atoms with van der Waals surface area (Å²) in [7, 11) is -5.66. The predicted octanol–water partition coefficient (Wildman–Crippen LogP) is 8.01. The van der Waals surface area contributed by atoms with Crippen LogP contribution in [-0.4, -0.2) is 25.2 Å². The second-order valence-corrected chi connectivity index (χ2v) is 22.5. The summed E-state index contributed by atoms with van der Waals surface area (Å²) < 4.78 is 11.8. The van der Waals surface area contributed by atoms with Gasteiger partial charge >= 0.3 is 0 Å². The van der Waals surface area contributed by atoms with Crippen LogP contribution in [0.2, 0.25) is 19.6 Å². The van der Waals surface area contributed by atoms with Crippen molar-refractivity contribution in [2.24, 2.45) is 8.93 Å². The van der Waals surface area contributed by atoms with E-state index in [2.05, 4.69) is 122 Å². The second kappa shape index (κ2) is 9.50. The fourth-order valence-electron chi connectivity index (χ4n) is 4.42. The smallest absolute Gasteiger partial charge is 0.173 e. The molecule has 0 spiro atoms. The van der Waals surface area contributed by atoms with Gasteiger partial charge in [0.05, 0.1) is 0 Å². The Labute approximate surface area is 180 Å². The summed E-state index contributed by atoms with van der Waals surface area (Å²) in [6, 6.07) is 21.9. The molecule has 2 nitrogen and oxygen atoms in total. The molecule has 0 N–H and O–H groups in total. The highest BCUT2D eigenvalue weighted by Gasteiger charge is 2.37. The molecular weight excluding hydrogens is 406 g/mol. The quantitative estimate of drug-likeness (QED) is 0.304. The highest BCUT2D eigenvalue weighted by molar-refractivity contribution is 7.86. The van der Waals surface area contributed by atoms with Gasteiger partial charge in [-0.05, 0) is 43.7 Å². The van der Waals surface area contributed by atoms with Crippen LogP contribution in [0.1, 0.15) is 41.5 Å². The summed E-state index contributed by atoms with van der Waals surface area (Å²) in [5, 5.41) is 2.61. The molecule has 0 amide bonds. The zero-order valence-electron chi connectivity index (χ0n) is 19.8. The molecule has 5 heteroatoms. The first kappa shape index (κ1) is 24.4. The van der Waals surface area contributed by atoms with Crippen LogP contribution >= 0.6 is 14.3 Å². The largest absolute Gasteiger partial charge is 0.311 e. The van der Waals surface area contributed by atoms with Crippen LogP contribution < -0.4 is 10.6 Å². The molecule has 0 aliphatic heterocycles. The average molecular weight is 447 g/mol. The predicted molar refractivity (Wildman–Crippen MR) is 140 cm³/mol. The second-order valence-electron chi connectivity index (χ2n) is 9.71. The molecule has 0 heterocycles. The summed E-state index contributed by atoms with van der Waals surface area (Å²) in [4.78, 5) is 0. The third-order valence-electron chi connectivity index (χ3n) is 5.44. The maximum absolute atomic E-state index is 6.05. The van der Waals surface area contributed by atoms with Crippen molar-refractivity contribution in [2.45, 2.75) is 78.2 Å². The molecule has 0 fully saturated rings. The van der Waals surface area contributed by atoms with Crippen molar-refractivity contribution in [3.05, 3.63) is 60.7 Å². The van der Waals surface area contributed by atoms with Gasteiger partial charge in [-0.25, -0.2) is 0 Å². The van der Waals surface area contributed by atoms with Gasteiger partial charge in [-0.1, -0.05) is 102 Å². The first-order valence-electron chi connectivity index (χ1n) is 10.8. The van der Waals surface area contributed by atoms with Crippen molar-refractivity contribution < 1.29 is 0 Å². The van der Waals surface area contributed by atoms with Gasteiger partial charge in [0.1, 0.15) is 7.21 Å². The van der Waals surface area contributed by atoms with E-state index in [9.17, 15) is 0 Å². The van der Waals surface area contributed by atoms with E-state index < -0.39 is 22.5 Å². The maximum atomic E-state index is 6.05. The lowest BCUT2D eigenvalue weighted by molar-refractivity contribution is 0.928. The van der Waals surface area contributed by atoms with Crippen LogP contribution in [0, 0.1) is 0 Å². The van der Waals surface area contributed by atoms with E-state index in [1.54, 1.807) is 0 Å². The lowest BCUT2D eigenvalue weighted by Gasteiger charge is -2.40. The SMILES string of the molecule is CC(C)P(=NP(=N[Si](C)(C)C)(c1ccccc1)c1ccccc1)(C(C)C)C(C)C. The number of benzene rings is 2. The van der Waals surface area contributed by atoms with Crippen molar-refractivity contribution in [3.8, 4) is 0 Å². The van der Waals surface area contributed by atoms with E-state index >= 15 is 0 Å². The lowest BCUT2D eigenvalue weighted by atomic mass is 10.4. The molecule has 0 aliphatic rings. The van der Waals surface area contributed by atoms with Gasteiger partial charge in [0, 0.05) is 10.6 Å². The van der Waals surface area contributed by atoms with Crippen molar-refractivity contribution in [3.63, 3.8) is 0 Å². The zero-order valence-corrected chi connectivity index (χ0v) is 22.6. The molecule has 0 saturated heterocycles. The lowest BCUT2D eigenvalue weighted by Crippen LogP contribution is -2.24. The molecule has 2 rings (SSSR count). The number of rotatable bonds is 7. The Morgan fingerprint density at radius 1 is 0.621 bits per heavy atom. The molecule has 0 bridgehead atoms. The Bertz CT molecular complexity index is 823. The van der Waals surface area contributed by atoms with Crippen LogP contribution in [0.15, 0.2) is 69.6 Å². The Morgan fingerprint density at radius 2 is 0.966 bits per heavy atom. The molecular formula is C24H40N2P2Si. The molecule has 160 valence electrons. The van der Waals surface area contributed by atoms with Gasteiger partial charge in [-0.3, -0.25) is 4.52 Å². The third kappa shape index (κ3) is 5.24. The van der Waals surface area contributed by atoms with Gasteiger partial charge in [-0.15, -0.1) is 0 Å². The van der Waals surface area contributed by atoms with Gasteiger partial charge in [0.15, 0.2) is 8.24 Å². The van der Waals surface area contributed by atoms with Crippen LogP contribution in [-0.2, 0) is 0 Å². The average Bonchev–Trinajstić information content (AvgIpc) is 2.64. The molecule has 2 aromatic rings. The summed E-state index contributed by atoms with van der Waals surface area (Å²) >= 11 is 0. The summed E-state index contributed by atoms with van der Waals surface area (Å²) in [5.41, 5.74) is 1.64. The molecule has 0 aliphatic carbocycles. The van der Waals surface area contributed by atoms with E-state index in [4.69, 9.17) is 8.93 Å². The van der Waals surface area contributed by atoms with E-state index in [0.717, 1.165) is 0 Å². The van der Waals surface area contributed by atoms with Gasteiger partial charge in [0.25, 0.3) is 0 Å². The summed E-state index contributed by atoms with van der Waals surface area (Å²) in [5.74, 6) is 0. The number of hydrogen-bond acceptors (Lipinski definition) is 1. The number of hydrogen-bond donors (Lipinski definition) is 0. The van der Waals surface area contributed by atoms with Crippen molar-refractivity contribution in [1.29, 1.82) is 0 Å². The monoisotopic (exact) mass is 446 g/mol. The summed E-state index contributed by atoms with van der Waals surface area (Å²) in [6.07, 6.45) is 0. The first-order chi connectivity index (χ1) is 13.5. The molecule has 2 aromatic carbocycles. The van der Waals surface area contributed by atoms with E-state index in [0.29, 0.717) is 17.0 Å². The van der Waals surface area contributed by atoms with Crippen molar-refractivity contribution in [1.82, 2.24) is 0 Å². The topological polar surface area (TPSA) is 24.7 Å². The standard InChI is InChI=1S/C24H40N2P2Si/c1-20(2)27(21(3)4,22(5)6)25-28(26-29(7,8)9,23-16-12-10-13-17-23)24-18-14-11-15-19-24/h10-22H,1-9H3. The van der Waals surface area contributed by atoms with Gasteiger partial charge in [0.2, 0.25) is 0 Å². The van der Waals surface area contributed by atoms with Gasteiger partial charge in [-0.2, -0.15) is 0 Å². The molecule has 0 radical (unpaired) electrons. The van der Waals surface area contributed by atoms with Crippen LogP contribution in [0.5, 0.6) is 0 Å². The molecule has 0 aromatic heterocycles. The minimum atomic E-state index is -2.24. The maximum Gasteiger partial charge on any atom is 0.173 e. The molecule has 29 heavy (non-hydrogen) atoms. The Balaban J connectivity index is 3.15. The Morgan fingerprint density at radius 3 is 1.24 bits per heavy atom. The van der Waals surface area contributed by atoms with E-state index in [-0.39, 0.29) is 0 Å². The minimum Gasteiger partial charge on any atom is -0.311 e.